The number of nitrogens with zero attached hydrogens (tertiary/aromatic N) is 3. The molecule has 0 atom stereocenters. The second kappa shape index (κ2) is 3.26. The van der Waals surface area contributed by atoms with E-state index in [0.29, 0.717) is 17.1 Å². The molecule has 2 N–H and O–H groups in total. The highest BCUT2D eigenvalue weighted by Crippen LogP contribution is 2.20. The van der Waals surface area contributed by atoms with Crippen molar-refractivity contribution >= 4 is 29.0 Å². The minimum Gasteiger partial charge on any atom is -0.351 e. The van der Waals surface area contributed by atoms with E-state index in [1.165, 1.54) is 0 Å². The largest absolute Gasteiger partial charge is 0.351 e. The molecule has 1 aromatic heterocycles. The van der Waals surface area contributed by atoms with E-state index in [4.69, 9.17) is 5.73 Å². The fourth-order valence-electron chi connectivity index (χ4n) is 0.647. The van der Waals surface area contributed by atoms with Crippen LogP contribution in [0.2, 0.25) is 0 Å². The summed E-state index contributed by atoms with van der Waals surface area (Å²) in [6, 6.07) is -0.834. The van der Waals surface area contributed by atoms with Crippen molar-refractivity contribution in [1.29, 1.82) is 0 Å². The van der Waals surface area contributed by atoms with Crippen LogP contribution in [-0.4, -0.2) is 22.0 Å². The van der Waals surface area contributed by atoms with Crippen molar-refractivity contribution in [3.8, 4) is 0 Å². The van der Waals surface area contributed by atoms with Crippen molar-refractivity contribution in [3.05, 3.63) is 5.69 Å². The van der Waals surface area contributed by atoms with Gasteiger partial charge in [-0.15, -0.1) is 5.10 Å². The molecule has 0 fully saturated rings. The number of carbonyl (C=O) groups excluding carboxylic acids is 2. The average molecular weight is 186 g/mol. The molecular weight excluding hydrogens is 180 g/mol. The average Bonchev–Trinajstić information content (AvgIpc) is 2.38. The van der Waals surface area contributed by atoms with Gasteiger partial charge in [0.2, 0.25) is 6.41 Å². The Hall–Kier alpha value is -1.50. The van der Waals surface area contributed by atoms with Crippen LogP contribution in [0, 0.1) is 6.92 Å². The van der Waals surface area contributed by atoms with Gasteiger partial charge in [-0.25, -0.2) is 9.69 Å². The van der Waals surface area contributed by atoms with Crippen molar-refractivity contribution in [2.24, 2.45) is 5.73 Å². The lowest BCUT2D eigenvalue weighted by atomic mass is 10.5. The predicted molar refractivity (Wildman–Crippen MR) is 42.8 cm³/mol. The number of aryl methyl sites for hydroxylation is 1. The molecule has 7 heteroatoms. The molecule has 3 amide bonds. The van der Waals surface area contributed by atoms with Crippen LogP contribution in [-0.2, 0) is 4.79 Å². The number of imide groups is 1. The van der Waals surface area contributed by atoms with Crippen LogP contribution in [0.25, 0.3) is 0 Å². The minimum absolute atomic E-state index is 0.338. The fraction of sp³-hybridized carbons (Fsp3) is 0.200. The second-order valence-electron chi connectivity index (χ2n) is 1.98. The Morgan fingerprint density at radius 3 is 2.75 bits per heavy atom. The third kappa shape index (κ3) is 1.40. The third-order valence-electron chi connectivity index (χ3n) is 1.19. The molecule has 1 rings (SSSR count). The van der Waals surface area contributed by atoms with E-state index in [-0.39, 0.29) is 0 Å². The predicted octanol–water partition coefficient (Wildman–Crippen LogP) is -0.112. The number of primary amides is 1. The number of amides is 3. The van der Waals surface area contributed by atoms with Crippen LogP contribution in [0.1, 0.15) is 5.69 Å². The van der Waals surface area contributed by atoms with Gasteiger partial charge in [-0.05, 0) is 6.92 Å². The summed E-state index contributed by atoms with van der Waals surface area (Å²) in [5.41, 5.74) is 5.42. The Morgan fingerprint density at radius 1 is 1.75 bits per heavy atom. The zero-order valence-corrected chi connectivity index (χ0v) is 7.04. The summed E-state index contributed by atoms with van der Waals surface area (Å²) in [7, 11) is 0. The Balaban J connectivity index is 3.02. The van der Waals surface area contributed by atoms with Crippen LogP contribution >= 0.6 is 11.5 Å². The van der Waals surface area contributed by atoms with Crippen molar-refractivity contribution in [3.63, 3.8) is 0 Å². The van der Waals surface area contributed by atoms with Gasteiger partial charge in [0.25, 0.3) is 0 Å². The van der Waals surface area contributed by atoms with Crippen molar-refractivity contribution in [2.75, 3.05) is 4.90 Å². The molecule has 0 saturated heterocycles. The van der Waals surface area contributed by atoms with E-state index in [2.05, 4.69) is 9.59 Å². The molecule has 1 aromatic rings. The standard InChI is InChI=1S/C5H6N4O2S/c1-3-4(12-8-7-3)9(2-10)5(6)11/h2H,1H3,(H2,6,11). The fourth-order valence-corrected chi connectivity index (χ4v) is 1.28. The topological polar surface area (TPSA) is 89.2 Å². The Kier molecular flexibility index (Phi) is 2.34. The Bertz CT molecular complexity index is 310. The summed E-state index contributed by atoms with van der Waals surface area (Å²) in [5, 5.41) is 3.99. The van der Waals surface area contributed by atoms with Gasteiger partial charge in [-0.1, -0.05) is 4.49 Å². The molecule has 1 heterocycles. The van der Waals surface area contributed by atoms with Gasteiger partial charge < -0.3 is 5.73 Å². The van der Waals surface area contributed by atoms with Crippen molar-refractivity contribution < 1.29 is 9.59 Å². The molecule has 0 unspecified atom stereocenters. The lowest BCUT2D eigenvalue weighted by Gasteiger charge is -2.08. The van der Waals surface area contributed by atoms with Gasteiger partial charge in [0, 0.05) is 11.5 Å². The van der Waals surface area contributed by atoms with Gasteiger partial charge in [0.05, 0.1) is 5.69 Å². The van der Waals surface area contributed by atoms with Crippen LogP contribution in [0.3, 0.4) is 0 Å². The normalized spacial score (nSPS) is 9.42. The molecule has 0 bridgehead atoms. The monoisotopic (exact) mass is 186 g/mol. The van der Waals surface area contributed by atoms with E-state index in [9.17, 15) is 9.59 Å². The lowest BCUT2D eigenvalue weighted by Crippen LogP contribution is -2.34. The number of carbonyl (C=O) groups is 2. The highest BCUT2D eigenvalue weighted by atomic mass is 32.1. The van der Waals surface area contributed by atoms with E-state index in [1.54, 1.807) is 6.92 Å². The van der Waals surface area contributed by atoms with Crippen LogP contribution in [0.5, 0.6) is 0 Å². The molecule has 0 aliphatic rings. The Morgan fingerprint density at radius 2 is 2.42 bits per heavy atom. The maximum absolute atomic E-state index is 10.6. The zero-order chi connectivity index (χ0) is 9.14. The first-order valence-corrected chi connectivity index (χ1v) is 3.77. The summed E-state index contributed by atoms with van der Waals surface area (Å²) < 4.78 is 3.56. The summed E-state index contributed by atoms with van der Waals surface area (Å²) in [6.07, 6.45) is 0.338. The minimum atomic E-state index is -0.834. The number of hydrogen-bond donors (Lipinski definition) is 1. The van der Waals surface area contributed by atoms with Crippen molar-refractivity contribution in [2.45, 2.75) is 6.92 Å². The molecule has 12 heavy (non-hydrogen) atoms. The highest BCUT2D eigenvalue weighted by Gasteiger charge is 2.16. The van der Waals surface area contributed by atoms with Crippen molar-refractivity contribution in [1.82, 2.24) is 9.59 Å². The first-order valence-electron chi connectivity index (χ1n) is 2.99. The number of anilines is 1. The maximum Gasteiger partial charge on any atom is 0.326 e. The molecule has 0 spiro atoms. The maximum atomic E-state index is 10.6. The van der Waals surface area contributed by atoms with Gasteiger partial charge in [-0.2, -0.15) is 0 Å². The van der Waals surface area contributed by atoms with E-state index in [1.807, 2.05) is 0 Å². The Labute approximate surface area is 72.1 Å². The quantitative estimate of drug-likeness (QED) is 0.652. The molecule has 64 valence electrons. The number of urea groups is 1. The van der Waals surface area contributed by atoms with Gasteiger partial charge >= 0.3 is 6.03 Å². The summed E-state index contributed by atoms with van der Waals surface area (Å²) in [4.78, 5) is 21.8. The molecule has 0 radical (unpaired) electrons. The number of nitrogens with two attached hydrogens (primary N) is 1. The smallest absolute Gasteiger partial charge is 0.326 e. The zero-order valence-electron chi connectivity index (χ0n) is 6.22. The van der Waals surface area contributed by atoms with E-state index in [0.717, 1.165) is 16.4 Å². The molecule has 0 aliphatic carbocycles. The molecule has 6 nitrogen and oxygen atoms in total. The summed E-state index contributed by atoms with van der Waals surface area (Å²) >= 11 is 0.943. The first kappa shape index (κ1) is 8.60. The SMILES string of the molecule is Cc1nnsc1N(C=O)C(N)=O. The number of aromatic nitrogens is 2. The van der Waals surface area contributed by atoms with Gasteiger partial charge in [0.15, 0.2) is 5.00 Å². The van der Waals surface area contributed by atoms with Gasteiger partial charge in [-0.3, -0.25) is 4.79 Å². The molecule has 0 aliphatic heterocycles. The van der Waals surface area contributed by atoms with Gasteiger partial charge in [0.1, 0.15) is 0 Å². The molecule has 0 aromatic carbocycles. The van der Waals surface area contributed by atoms with E-state index >= 15 is 0 Å². The first-order chi connectivity index (χ1) is 5.66. The van der Waals surface area contributed by atoms with Crippen LogP contribution in [0.15, 0.2) is 0 Å². The van der Waals surface area contributed by atoms with E-state index < -0.39 is 6.03 Å². The second-order valence-corrected chi connectivity index (χ2v) is 2.71. The third-order valence-corrected chi connectivity index (χ3v) is 2.02. The molecular formula is C5H6N4O2S. The summed E-state index contributed by atoms with van der Waals surface area (Å²) in [6.45, 7) is 1.64. The lowest BCUT2D eigenvalue weighted by molar-refractivity contribution is -0.106. The molecule has 0 saturated carbocycles. The number of hydrogen-bond acceptors (Lipinski definition) is 5. The summed E-state index contributed by atoms with van der Waals surface area (Å²) in [5.74, 6) is 0. The highest BCUT2D eigenvalue weighted by molar-refractivity contribution is 7.10. The van der Waals surface area contributed by atoms with Crippen LogP contribution in [0.4, 0.5) is 9.80 Å². The van der Waals surface area contributed by atoms with Crippen LogP contribution < -0.4 is 10.6 Å². The number of rotatable bonds is 2.